The summed E-state index contributed by atoms with van der Waals surface area (Å²) in [6.45, 7) is 1.86. The molecule has 0 saturated heterocycles. The van der Waals surface area contributed by atoms with Crippen LogP contribution in [0, 0.1) is 0 Å². The fourth-order valence-electron chi connectivity index (χ4n) is 2.22. The van der Waals surface area contributed by atoms with Crippen LogP contribution in [0.15, 0.2) is 55.0 Å². The van der Waals surface area contributed by atoms with Crippen molar-refractivity contribution in [2.75, 3.05) is 6.54 Å². The number of rotatable bonds is 5. The first-order chi connectivity index (χ1) is 9.42. The molecule has 0 atom stereocenters. The SMILES string of the molecule is c1cncc(CCNCc2ccc3cc[nH]c3c2)c1. The van der Waals surface area contributed by atoms with Crippen LogP contribution in [0.2, 0.25) is 0 Å². The van der Waals surface area contributed by atoms with E-state index in [0.29, 0.717) is 0 Å². The molecule has 2 N–H and O–H groups in total. The summed E-state index contributed by atoms with van der Waals surface area (Å²) in [4.78, 5) is 7.36. The highest BCUT2D eigenvalue weighted by atomic mass is 14.8. The average molecular weight is 251 g/mol. The molecule has 0 fully saturated rings. The van der Waals surface area contributed by atoms with Crippen LogP contribution in [0.5, 0.6) is 0 Å². The molecule has 3 rings (SSSR count). The van der Waals surface area contributed by atoms with Crippen molar-refractivity contribution in [3.8, 4) is 0 Å². The van der Waals surface area contributed by atoms with Gasteiger partial charge in [0.05, 0.1) is 0 Å². The van der Waals surface area contributed by atoms with Gasteiger partial charge in [0.1, 0.15) is 0 Å². The topological polar surface area (TPSA) is 40.7 Å². The Labute approximate surface area is 112 Å². The van der Waals surface area contributed by atoms with Crippen LogP contribution in [0.25, 0.3) is 10.9 Å². The van der Waals surface area contributed by atoms with Crippen LogP contribution in [0.3, 0.4) is 0 Å². The van der Waals surface area contributed by atoms with Crippen molar-refractivity contribution in [1.29, 1.82) is 0 Å². The molecular weight excluding hydrogens is 234 g/mol. The minimum Gasteiger partial charge on any atom is -0.361 e. The highest BCUT2D eigenvalue weighted by Gasteiger charge is 1.97. The quantitative estimate of drug-likeness (QED) is 0.685. The first-order valence-corrected chi connectivity index (χ1v) is 6.57. The summed E-state index contributed by atoms with van der Waals surface area (Å²) >= 11 is 0. The number of aromatic amines is 1. The third-order valence-electron chi connectivity index (χ3n) is 3.26. The van der Waals surface area contributed by atoms with Crippen LogP contribution in [-0.2, 0) is 13.0 Å². The predicted molar refractivity (Wildman–Crippen MR) is 77.9 cm³/mol. The van der Waals surface area contributed by atoms with E-state index in [2.05, 4.69) is 45.6 Å². The number of hydrogen-bond acceptors (Lipinski definition) is 2. The molecule has 0 bridgehead atoms. The molecule has 0 unspecified atom stereocenters. The number of benzene rings is 1. The maximum Gasteiger partial charge on any atom is 0.0457 e. The molecule has 3 heteroatoms. The van der Waals surface area contributed by atoms with Gasteiger partial charge in [-0.05, 0) is 47.7 Å². The number of H-pyrrole nitrogens is 1. The summed E-state index contributed by atoms with van der Waals surface area (Å²) < 4.78 is 0. The smallest absolute Gasteiger partial charge is 0.0457 e. The van der Waals surface area contributed by atoms with Gasteiger partial charge in [-0.3, -0.25) is 4.98 Å². The Morgan fingerprint density at radius 1 is 1.11 bits per heavy atom. The van der Waals surface area contributed by atoms with E-state index in [4.69, 9.17) is 0 Å². The zero-order chi connectivity index (χ0) is 12.9. The van der Waals surface area contributed by atoms with Gasteiger partial charge in [0.25, 0.3) is 0 Å². The van der Waals surface area contributed by atoms with Gasteiger partial charge in [0.2, 0.25) is 0 Å². The largest absolute Gasteiger partial charge is 0.361 e. The molecule has 19 heavy (non-hydrogen) atoms. The van der Waals surface area contributed by atoms with Gasteiger partial charge in [0, 0.05) is 30.7 Å². The van der Waals surface area contributed by atoms with Crippen molar-refractivity contribution in [2.45, 2.75) is 13.0 Å². The molecular formula is C16H17N3. The lowest BCUT2D eigenvalue weighted by Gasteiger charge is -2.05. The molecule has 0 aliphatic heterocycles. The first kappa shape index (κ1) is 11.9. The number of nitrogens with zero attached hydrogens (tertiary/aromatic N) is 1. The molecule has 3 nitrogen and oxygen atoms in total. The van der Waals surface area contributed by atoms with Gasteiger partial charge in [-0.15, -0.1) is 0 Å². The lowest BCUT2D eigenvalue weighted by atomic mass is 10.1. The Hall–Kier alpha value is -2.13. The van der Waals surface area contributed by atoms with E-state index in [1.807, 2.05) is 24.7 Å². The van der Waals surface area contributed by atoms with E-state index in [-0.39, 0.29) is 0 Å². The fourth-order valence-corrected chi connectivity index (χ4v) is 2.22. The summed E-state index contributed by atoms with van der Waals surface area (Å²) in [6.07, 6.45) is 6.72. The second-order valence-electron chi connectivity index (χ2n) is 4.69. The number of hydrogen-bond donors (Lipinski definition) is 2. The highest BCUT2D eigenvalue weighted by molar-refractivity contribution is 5.79. The number of fused-ring (bicyclic) bond motifs is 1. The Kier molecular flexibility index (Phi) is 3.56. The number of pyridine rings is 1. The molecule has 3 aromatic rings. The molecule has 0 spiro atoms. The van der Waals surface area contributed by atoms with E-state index in [0.717, 1.165) is 19.5 Å². The Morgan fingerprint density at radius 2 is 2.11 bits per heavy atom. The van der Waals surface area contributed by atoms with Gasteiger partial charge >= 0.3 is 0 Å². The van der Waals surface area contributed by atoms with Gasteiger partial charge < -0.3 is 10.3 Å². The molecule has 96 valence electrons. The van der Waals surface area contributed by atoms with E-state index in [9.17, 15) is 0 Å². The molecule has 1 aromatic carbocycles. The molecule has 0 aliphatic carbocycles. The Bertz CT molecular complexity index is 643. The van der Waals surface area contributed by atoms with Gasteiger partial charge in [-0.2, -0.15) is 0 Å². The zero-order valence-electron chi connectivity index (χ0n) is 10.8. The third-order valence-corrected chi connectivity index (χ3v) is 3.26. The van der Waals surface area contributed by atoms with E-state index in [1.54, 1.807) is 0 Å². The van der Waals surface area contributed by atoms with Crippen LogP contribution >= 0.6 is 0 Å². The second-order valence-corrected chi connectivity index (χ2v) is 4.69. The Morgan fingerprint density at radius 3 is 3.00 bits per heavy atom. The molecule has 2 aromatic heterocycles. The zero-order valence-corrected chi connectivity index (χ0v) is 10.8. The Balaban J connectivity index is 1.52. The molecule has 0 aliphatic rings. The van der Waals surface area contributed by atoms with E-state index >= 15 is 0 Å². The van der Waals surface area contributed by atoms with Crippen LogP contribution in [0.4, 0.5) is 0 Å². The normalized spacial score (nSPS) is 10.9. The maximum atomic E-state index is 4.12. The fraction of sp³-hybridized carbons (Fsp3) is 0.188. The molecule has 0 amide bonds. The van der Waals surface area contributed by atoms with Crippen molar-refractivity contribution < 1.29 is 0 Å². The monoisotopic (exact) mass is 251 g/mol. The third kappa shape index (κ3) is 3.01. The van der Waals surface area contributed by atoms with Crippen LogP contribution < -0.4 is 5.32 Å². The second kappa shape index (κ2) is 5.67. The van der Waals surface area contributed by atoms with Crippen molar-refractivity contribution >= 4 is 10.9 Å². The van der Waals surface area contributed by atoms with Crippen molar-refractivity contribution in [3.05, 3.63) is 66.1 Å². The predicted octanol–water partition coefficient (Wildman–Crippen LogP) is 2.90. The van der Waals surface area contributed by atoms with Crippen molar-refractivity contribution in [1.82, 2.24) is 15.3 Å². The van der Waals surface area contributed by atoms with Crippen LogP contribution in [-0.4, -0.2) is 16.5 Å². The molecule has 2 heterocycles. The van der Waals surface area contributed by atoms with Gasteiger partial charge in [-0.1, -0.05) is 18.2 Å². The summed E-state index contributed by atoms with van der Waals surface area (Å²) in [6, 6.07) is 12.7. The standard InChI is InChI=1S/C16H17N3/c1-2-13(11-17-7-1)5-8-18-12-14-3-4-15-6-9-19-16(15)10-14/h1-4,6-7,9-11,18-19H,5,8,12H2. The summed E-state index contributed by atoms with van der Waals surface area (Å²) in [7, 11) is 0. The van der Waals surface area contributed by atoms with E-state index < -0.39 is 0 Å². The van der Waals surface area contributed by atoms with Gasteiger partial charge in [-0.25, -0.2) is 0 Å². The van der Waals surface area contributed by atoms with Crippen LogP contribution in [0.1, 0.15) is 11.1 Å². The molecule has 0 saturated carbocycles. The van der Waals surface area contributed by atoms with Crippen molar-refractivity contribution in [2.24, 2.45) is 0 Å². The minimum atomic E-state index is 0.898. The number of nitrogens with one attached hydrogen (secondary N) is 2. The highest BCUT2D eigenvalue weighted by Crippen LogP contribution is 2.13. The van der Waals surface area contributed by atoms with E-state index in [1.165, 1.54) is 22.0 Å². The summed E-state index contributed by atoms with van der Waals surface area (Å²) in [5.41, 5.74) is 3.78. The lowest BCUT2D eigenvalue weighted by Crippen LogP contribution is -2.16. The first-order valence-electron chi connectivity index (χ1n) is 6.57. The van der Waals surface area contributed by atoms with Crippen molar-refractivity contribution in [3.63, 3.8) is 0 Å². The summed E-state index contributed by atoms with van der Waals surface area (Å²) in [5.74, 6) is 0. The minimum absolute atomic E-state index is 0.898. The average Bonchev–Trinajstić information content (AvgIpc) is 2.92. The number of aromatic nitrogens is 2. The maximum absolute atomic E-state index is 4.12. The summed E-state index contributed by atoms with van der Waals surface area (Å²) in [5, 5.41) is 4.73. The lowest BCUT2D eigenvalue weighted by molar-refractivity contribution is 0.686. The van der Waals surface area contributed by atoms with Gasteiger partial charge in [0.15, 0.2) is 0 Å². The molecule has 0 radical (unpaired) electrons.